The third kappa shape index (κ3) is 2.08. The van der Waals surface area contributed by atoms with E-state index in [1.807, 2.05) is 18.6 Å². The van der Waals surface area contributed by atoms with Crippen molar-refractivity contribution in [2.24, 2.45) is 5.92 Å². The van der Waals surface area contributed by atoms with Gasteiger partial charge in [-0.3, -0.25) is 4.98 Å². The van der Waals surface area contributed by atoms with Gasteiger partial charge < -0.3 is 9.80 Å². The van der Waals surface area contributed by atoms with Gasteiger partial charge in [-0.2, -0.15) is 0 Å². The van der Waals surface area contributed by atoms with E-state index in [2.05, 4.69) is 81.9 Å². The second kappa shape index (κ2) is 5.78. The molecule has 5 rings (SSSR count). The largest absolute Gasteiger partial charge is 0.315 e. The summed E-state index contributed by atoms with van der Waals surface area (Å²) in [7, 11) is 0. The molecule has 3 unspecified atom stereocenters. The normalized spacial score (nSPS) is 25.7. The number of pyridine rings is 1. The Kier molecular flexibility index (Phi) is 3.47. The van der Waals surface area contributed by atoms with Gasteiger partial charge in [-0.05, 0) is 30.2 Å². The van der Waals surface area contributed by atoms with Crippen LogP contribution in [0.25, 0.3) is 0 Å². The molecule has 0 bridgehead atoms. The van der Waals surface area contributed by atoms with E-state index in [0.717, 1.165) is 23.6 Å². The molecule has 2 aliphatic heterocycles. The summed E-state index contributed by atoms with van der Waals surface area (Å²) in [6.07, 6.45) is 8.51. The summed E-state index contributed by atoms with van der Waals surface area (Å²) < 4.78 is 0. The average Bonchev–Trinajstić information content (AvgIpc) is 3.08. The highest BCUT2D eigenvalue weighted by molar-refractivity contribution is 5.87. The number of hydrogen-bond donors (Lipinski definition) is 0. The van der Waals surface area contributed by atoms with E-state index >= 15 is 0 Å². The molecule has 1 aromatic carbocycles. The molecule has 0 saturated carbocycles. The van der Waals surface area contributed by atoms with Crippen LogP contribution in [0, 0.1) is 5.92 Å². The van der Waals surface area contributed by atoms with Gasteiger partial charge >= 0.3 is 0 Å². The van der Waals surface area contributed by atoms with Crippen LogP contribution < -0.4 is 9.80 Å². The number of aromatic nitrogens is 3. The van der Waals surface area contributed by atoms with E-state index in [0.29, 0.717) is 5.92 Å². The molecule has 5 heteroatoms. The quantitative estimate of drug-likeness (QED) is 0.659. The molecule has 0 spiro atoms. The topological polar surface area (TPSA) is 45.2 Å². The summed E-state index contributed by atoms with van der Waals surface area (Å²) in [5, 5.41) is 0. The van der Waals surface area contributed by atoms with E-state index in [-0.39, 0.29) is 11.6 Å². The van der Waals surface area contributed by atoms with Gasteiger partial charge in [-0.1, -0.05) is 39.0 Å². The maximum atomic E-state index is 4.68. The summed E-state index contributed by atoms with van der Waals surface area (Å²) in [5.74, 6) is 1.36. The van der Waals surface area contributed by atoms with Gasteiger partial charge in [-0.15, -0.1) is 0 Å². The molecule has 2 aromatic heterocycles. The summed E-state index contributed by atoms with van der Waals surface area (Å²) in [5.41, 5.74) is 4.91. The van der Waals surface area contributed by atoms with Crippen molar-refractivity contribution in [1.29, 1.82) is 0 Å². The third-order valence-corrected chi connectivity index (χ3v) is 6.60. The molecule has 0 N–H and O–H groups in total. The molecule has 0 amide bonds. The Labute approximate surface area is 159 Å². The smallest absolute Gasteiger partial charge is 0.162 e. The number of para-hydroxylation sites is 1. The molecule has 2 aliphatic rings. The Morgan fingerprint density at radius 3 is 2.56 bits per heavy atom. The molecule has 0 aliphatic carbocycles. The highest BCUT2D eigenvalue weighted by atomic mass is 15.5. The van der Waals surface area contributed by atoms with Crippen LogP contribution in [0.4, 0.5) is 22.9 Å². The molecule has 0 radical (unpaired) electrons. The highest BCUT2D eigenvalue weighted by Gasteiger charge is 2.52. The fourth-order valence-corrected chi connectivity index (χ4v) is 4.81. The lowest BCUT2D eigenvalue weighted by Crippen LogP contribution is -2.54. The first-order valence-electron chi connectivity index (χ1n) is 9.55. The van der Waals surface area contributed by atoms with Crippen LogP contribution >= 0.6 is 0 Å². The summed E-state index contributed by atoms with van der Waals surface area (Å²) >= 11 is 0. The van der Waals surface area contributed by atoms with Crippen molar-refractivity contribution in [3.8, 4) is 0 Å². The zero-order valence-corrected chi connectivity index (χ0v) is 15.9. The van der Waals surface area contributed by atoms with Crippen molar-refractivity contribution < 1.29 is 0 Å². The van der Waals surface area contributed by atoms with E-state index in [1.54, 1.807) is 6.33 Å². The van der Waals surface area contributed by atoms with Crippen LogP contribution in [0.2, 0.25) is 0 Å². The second-order valence-electron chi connectivity index (χ2n) is 7.67. The minimum atomic E-state index is 0.0819. The Morgan fingerprint density at radius 2 is 1.78 bits per heavy atom. The van der Waals surface area contributed by atoms with E-state index < -0.39 is 0 Å². The lowest BCUT2D eigenvalue weighted by Gasteiger charge is -2.50. The lowest BCUT2D eigenvalue weighted by molar-refractivity contribution is 0.249. The zero-order valence-electron chi connectivity index (χ0n) is 15.9. The summed E-state index contributed by atoms with van der Waals surface area (Å²) in [4.78, 5) is 18.0. The molecule has 5 nitrogen and oxygen atoms in total. The number of benzene rings is 1. The minimum Gasteiger partial charge on any atom is -0.315 e. The SMILES string of the molecule is CCC1(C)c2ccccc2N2c3ncncc3N(c3ccncc3)C2C1C. The predicted octanol–water partition coefficient (Wildman–Crippen LogP) is 4.80. The first-order chi connectivity index (χ1) is 13.2. The Balaban J connectivity index is 1.80. The van der Waals surface area contributed by atoms with Crippen molar-refractivity contribution in [3.63, 3.8) is 0 Å². The molecule has 0 fully saturated rings. The van der Waals surface area contributed by atoms with Crippen LogP contribution in [0.5, 0.6) is 0 Å². The average molecular weight is 357 g/mol. The molecule has 136 valence electrons. The van der Waals surface area contributed by atoms with Crippen LogP contribution in [0.1, 0.15) is 32.8 Å². The molecule has 4 heterocycles. The van der Waals surface area contributed by atoms with Gasteiger partial charge in [-0.25, -0.2) is 9.97 Å². The maximum absolute atomic E-state index is 4.68. The lowest BCUT2D eigenvalue weighted by atomic mass is 9.66. The minimum absolute atomic E-state index is 0.0819. The maximum Gasteiger partial charge on any atom is 0.162 e. The standard InChI is InChI=1S/C22H23N5/c1-4-22(3)15(2)21-26(16-9-11-23-12-10-16)19-13-24-14-25-20(19)27(21)18-8-6-5-7-17(18)22/h5-15,21H,4H2,1-3H3. The van der Waals surface area contributed by atoms with Crippen LogP contribution in [-0.4, -0.2) is 21.1 Å². The number of fused-ring (bicyclic) bond motifs is 5. The van der Waals surface area contributed by atoms with Crippen molar-refractivity contribution >= 4 is 22.9 Å². The predicted molar refractivity (Wildman–Crippen MR) is 108 cm³/mol. The molecular weight excluding hydrogens is 334 g/mol. The monoisotopic (exact) mass is 357 g/mol. The fourth-order valence-electron chi connectivity index (χ4n) is 4.81. The van der Waals surface area contributed by atoms with Gasteiger partial charge in [0, 0.05) is 35.1 Å². The molecule has 3 aromatic rings. The summed E-state index contributed by atoms with van der Waals surface area (Å²) in [6, 6.07) is 12.9. The van der Waals surface area contributed by atoms with Crippen molar-refractivity contribution in [2.45, 2.75) is 38.8 Å². The van der Waals surface area contributed by atoms with Gasteiger partial charge in [0.05, 0.1) is 6.20 Å². The first kappa shape index (κ1) is 16.2. The molecule has 0 saturated heterocycles. The summed E-state index contributed by atoms with van der Waals surface area (Å²) in [6.45, 7) is 7.06. The van der Waals surface area contributed by atoms with Crippen LogP contribution in [0.3, 0.4) is 0 Å². The number of hydrogen-bond acceptors (Lipinski definition) is 5. The van der Waals surface area contributed by atoms with Crippen molar-refractivity contribution in [3.05, 3.63) is 66.9 Å². The molecular formula is C22H23N5. The Morgan fingerprint density at radius 1 is 1.00 bits per heavy atom. The number of anilines is 4. The molecule has 3 atom stereocenters. The van der Waals surface area contributed by atoms with Gasteiger partial charge in [0.25, 0.3) is 0 Å². The van der Waals surface area contributed by atoms with Crippen molar-refractivity contribution in [1.82, 2.24) is 15.0 Å². The first-order valence-corrected chi connectivity index (χ1v) is 9.55. The number of rotatable bonds is 2. The Bertz CT molecular complexity index is 989. The third-order valence-electron chi connectivity index (χ3n) is 6.60. The fraction of sp³-hybridized carbons (Fsp3) is 0.318. The van der Waals surface area contributed by atoms with Crippen LogP contribution in [-0.2, 0) is 5.41 Å². The van der Waals surface area contributed by atoms with Crippen LogP contribution in [0.15, 0.2) is 61.3 Å². The number of nitrogens with zero attached hydrogens (tertiary/aromatic N) is 5. The second-order valence-corrected chi connectivity index (χ2v) is 7.67. The van der Waals surface area contributed by atoms with E-state index in [1.165, 1.54) is 11.3 Å². The Hall–Kier alpha value is -2.95. The molecule has 27 heavy (non-hydrogen) atoms. The van der Waals surface area contributed by atoms with Gasteiger partial charge in [0.15, 0.2) is 5.82 Å². The zero-order chi connectivity index (χ0) is 18.6. The van der Waals surface area contributed by atoms with E-state index in [9.17, 15) is 0 Å². The van der Waals surface area contributed by atoms with Gasteiger partial charge in [0.1, 0.15) is 18.2 Å². The highest BCUT2D eigenvalue weighted by Crippen LogP contribution is 2.57. The van der Waals surface area contributed by atoms with Gasteiger partial charge in [0.2, 0.25) is 0 Å². The van der Waals surface area contributed by atoms with E-state index in [4.69, 9.17) is 0 Å². The van der Waals surface area contributed by atoms with Crippen molar-refractivity contribution in [2.75, 3.05) is 9.80 Å².